The van der Waals surface area contributed by atoms with Crippen molar-refractivity contribution in [1.82, 2.24) is 0 Å². The summed E-state index contributed by atoms with van der Waals surface area (Å²) in [6, 6.07) is 4.26. The Bertz CT molecular complexity index is 3440. The molecule has 8 nitrogen and oxygen atoms in total. The third-order valence-electron chi connectivity index (χ3n) is 12.5. The first kappa shape index (κ1) is 78.1. The SMILES string of the molecule is C=CC(=O)Oc1ccc(C(c2ccc(OCC(COCCC(F)(OC(F)(/C(F)=C(F)/C(F)=C(F)/C(F)=C(F)/C(F)=C(\F)CF)C(F)(F)C(F)(F)F)C(F)(F)F)Oc3ccc(C(c4ccc(OC(=O)C=C)cc4)(C(F)(F)F)C(F)(F)F)cc3)cc2)(C(F)(F)F)C(F)(F)F)cc1. The lowest BCUT2D eigenvalue weighted by Gasteiger charge is -2.38. The van der Waals surface area contributed by atoms with Crippen LogP contribution in [0.5, 0.6) is 23.0 Å². The molecule has 518 valence electrons. The highest BCUT2D eigenvalue weighted by molar-refractivity contribution is 5.83. The molecule has 4 aromatic carbocycles. The number of alkyl halides is 23. The second-order valence-corrected chi connectivity index (χ2v) is 18.4. The van der Waals surface area contributed by atoms with Crippen LogP contribution in [-0.4, -0.2) is 99.2 Å². The van der Waals surface area contributed by atoms with Crippen LogP contribution in [0.3, 0.4) is 0 Å². The Labute approximate surface area is 504 Å². The molecular weight excluding hydrogens is 1380 g/mol. The Morgan fingerprint density at radius 3 is 1.06 bits per heavy atom. The van der Waals surface area contributed by atoms with Crippen molar-refractivity contribution in [3.05, 3.63) is 191 Å². The Balaban J connectivity index is 1.85. The average molecular weight is 1410 g/mol. The molecule has 0 aromatic heterocycles. The van der Waals surface area contributed by atoms with Crippen molar-refractivity contribution >= 4 is 11.9 Å². The fraction of sp³-hybridized carbons (Fsp3) is 0.309. The summed E-state index contributed by atoms with van der Waals surface area (Å²) in [5.74, 6) is -61.4. The maximum Gasteiger partial charge on any atom is 0.460 e. The Kier molecular flexibility index (Phi) is 23.8. The van der Waals surface area contributed by atoms with Gasteiger partial charge in [0.05, 0.1) is 13.2 Å². The maximum atomic E-state index is 15.8. The van der Waals surface area contributed by atoms with Crippen LogP contribution in [0.2, 0.25) is 0 Å². The highest BCUT2D eigenvalue weighted by atomic mass is 19.4. The van der Waals surface area contributed by atoms with Crippen molar-refractivity contribution in [3.63, 3.8) is 0 Å². The van der Waals surface area contributed by atoms with Gasteiger partial charge in [-0.15, -0.1) is 0 Å². The van der Waals surface area contributed by atoms with Gasteiger partial charge in [-0.2, -0.15) is 92.2 Å². The second-order valence-electron chi connectivity index (χ2n) is 18.4. The summed E-state index contributed by atoms with van der Waals surface area (Å²) < 4.78 is 476. The van der Waals surface area contributed by atoms with E-state index in [0.29, 0.717) is 48.6 Å². The molecule has 0 radical (unpaired) electrons. The van der Waals surface area contributed by atoms with Crippen molar-refractivity contribution in [1.29, 1.82) is 0 Å². The molecule has 3 atom stereocenters. The first-order chi connectivity index (χ1) is 42.9. The zero-order chi connectivity index (χ0) is 72.0. The number of allylic oxidation sites excluding steroid dienone is 7. The normalized spacial score (nSPS) is 16.0. The van der Waals surface area contributed by atoms with Crippen molar-refractivity contribution in [2.24, 2.45) is 0 Å². The molecule has 3 unspecified atom stereocenters. The minimum atomic E-state index is -8.20. The largest absolute Gasteiger partial charge is 0.490 e. The van der Waals surface area contributed by atoms with Crippen LogP contribution in [0.25, 0.3) is 0 Å². The van der Waals surface area contributed by atoms with Crippen LogP contribution in [0.1, 0.15) is 28.7 Å². The standard InChI is InChI=1S/C55H33F31O8/c1-3-36(87)92-32-17-9-28(10-18-32)46(51(72,73)74,52(75,76)77)26-5-13-30(14-6-26)90-25-34(91-31-15-7-27(8-16-31)47(53(78,79)80,54(81,82)83)29-11-19-33(20-12-29)93-37(88)4-2)24-89-22-21-45(65,50(69,70)71)94-48(66,49(67,68)55(84,85)86)44(64)43(63)42(62)41(61)40(60)39(59)38(58)35(57)23-56/h3-20,34H,1-2,21-25H2/b38-35+,40-39+,42-41+,44-43+. The minimum absolute atomic E-state index is 0.0395. The van der Waals surface area contributed by atoms with Gasteiger partial charge in [-0.1, -0.05) is 61.7 Å². The number of halogens is 31. The number of carbonyl (C=O) groups excluding carboxylic acids is 2. The van der Waals surface area contributed by atoms with Crippen LogP contribution in [0.4, 0.5) is 136 Å². The lowest BCUT2D eigenvalue weighted by atomic mass is 9.73. The molecule has 39 heteroatoms. The van der Waals surface area contributed by atoms with Gasteiger partial charge in [0.25, 0.3) is 0 Å². The van der Waals surface area contributed by atoms with E-state index in [2.05, 4.69) is 32.1 Å². The van der Waals surface area contributed by atoms with Gasteiger partial charge in [-0.05, 0) is 70.8 Å². The van der Waals surface area contributed by atoms with Gasteiger partial charge in [0.1, 0.15) is 36.3 Å². The van der Waals surface area contributed by atoms with Crippen molar-refractivity contribution < 1.29 is 174 Å². The summed E-state index contributed by atoms with van der Waals surface area (Å²) in [6.45, 7) is -2.23. The third kappa shape index (κ3) is 15.9. The van der Waals surface area contributed by atoms with Crippen molar-refractivity contribution in [2.75, 3.05) is 26.5 Å². The van der Waals surface area contributed by atoms with Crippen LogP contribution in [-0.2, 0) is 29.9 Å². The second kappa shape index (κ2) is 28.7. The molecule has 94 heavy (non-hydrogen) atoms. The smallest absolute Gasteiger partial charge is 0.460 e. The van der Waals surface area contributed by atoms with Gasteiger partial charge in [-0.3, -0.25) is 4.74 Å². The topological polar surface area (TPSA) is 89.5 Å². The molecule has 0 saturated carbocycles. The van der Waals surface area contributed by atoms with E-state index in [1.807, 2.05) is 0 Å². The first-order valence-corrected chi connectivity index (χ1v) is 24.5. The average Bonchev–Trinajstić information content (AvgIpc) is 0.733. The molecule has 0 fully saturated rings. The molecule has 4 aromatic rings. The monoisotopic (exact) mass is 1410 g/mol. The van der Waals surface area contributed by atoms with E-state index >= 15 is 13.2 Å². The molecule has 4 rings (SSSR count). The molecule has 0 aliphatic heterocycles. The molecule has 0 saturated heterocycles. The van der Waals surface area contributed by atoms with Gasteiger partial charge in [-0.25, -0.2) is 53.5 Å². The van der Waals surface area contributed by atoms with E-state index in [0.717, 1.165) is 0 Å². The quantitative estimate of drug-likeness (QED) is 0.0153. The summed E-state index contributed by atoms with van der Waals surface area (Å²) in [5, 5.41) is 0. The van der Waals surface area contributed by atoms with Crippen LogP contribution >= 0.6 is 0 Å². The van der Waals surface area contributed by atoms with E-state index in [-0.39, 0.29) is 60.7 Å². The van der Waals surface area contributed by atoms with Crippen LogP contribution in [0, 0.1) is 0 Å². The van der Waals surface area contributed by atoms with Gasteiger partial charge in [0, 0.05) is 18.6 Å². The Hall–Kier alpha value is -8.39. The van der Waals surface area contributed by atoms with Crippen LogP contribution < -0.4 is 18.9 Å². The summed E-state index contributed by atoms with van der Waals surface area (Å²) in [4.78, 5) is 23.1. The van der Waals surface area contributed by atoms with Gasteiger partial charge < -0.3 is 23.7 Å². The molecule has 0 amide bonds. The number of benzene rings is 4. The van der Waals surface area contributed by atoms with E-state index in [4.69, 9.17) is 9.47 Å². The highest BCUT2D eigenvalue weighted by Gasteiger charge is 2.80. The van der Waals surface area contributed by atoms with Gasteiger partial charge >= 0.3 is 66.6 Å². The zero-order valence-corrected chi connectivity index (χ0v) is 45.4. The fourth-order valence-corrected chi connectivity index (χ4v) is 8.03. The third-order valence-corrected chi connectivity index (χ3v) is 12.5. The molecule has 0 aliphatic rings. The van der Waals surface area contributed by atoms with E-state index in [1.54, 1.807) is 0 Å². The molecule has 0 bridgehead atoms. The lowest BCUT2D eigenvalue weighted by molar-refractivity contribution is -0.443. The first-order valence-electron chi connectivity index (χ1n) is 24.5. The number of ether oxygens (including phenoxy) is 6. The molecule has 0 aliphatic carbocycles. The predicted molar refractivity (Wildman–Crippen MR) is 257 cm³/mol. The highest BCUT2D eigenvalue weighted by Crippen LogP contribution is 2.59. The van der Waals surface area contributed by atoms with Gasteiger partial charge in [0.15, 0.2) is 29.4 Å². The minimum Gasteiger partial charge on any atom is -0.490 e. The molecule has 0 N–H and O–H groups in total. The number of hydrogen-bond acceptors (Lipinski definition) is 8. The van der Waals surface area contributed by atoms with Gasteiger partial charge in [0.2, 0.25) is 34.1 Å². The lowest BCUT2D eigenvalue weighted by Crippen LogP contribution is -2.62. The fourth-order valence-electron chi connectivity index (χ4n) is 8.03. The Morgan fingerprint density at radius 1 is 0.415 bits per heavy atom. The predicted octanol–water partition coefficient (Wildman–Crippen LogP) is 18.6. The molecule has 0 heterocycles. The number of rotatable bonds is 26. The van der Waals surface area contributed by atoms with Crippen LogP contribution in [0.15, 0.2) is 169 Å². The van der Waals surface area contributed by atoms with E-state index in [1.165, 1.54) is 0 Å². The number of carbonyl (C=O) groups is 2. The molecular formula is C55H33F31O8. The Morgan fingerprint density at radius 2 is 0.745 bits per heavy atom. The van der Waals surface area contributed by atoms with Crippen molar-refractivity contribution in [2.45, 2.75) is 78.0 Å². The van der Waals surface area contributed by atoms with E-state index in [9.17, 15) is 133 Å². The van der Waals surface area contributed by atoms with Crippen molar-refractivity contribution in [3.8, 4) is 23.0 Å². The zero-order valence-electron chi connectivity index (χ0n) is 45.4. The summed E-state index contributed by atoms with van der Waals surface area (Å²) >= 11 is 0. The summed E-state index contributed by atoms with van der Waals surface area (Å²) in [6.07, 6.45) is -45.2. The molecule has 0 spiro atoms. The summed E-state index contributed by atoms with van der Waals surface area (Å²) in [5.41, 5.74) is -16.7. The number of esters is 2. The maximum absolute atomic E-state index is 15.8. The summed E-state index contributed by atoms with van der Waals surface area (Å²) in [7, 11) is 0. The van der Waals surface area contributed by atoms with E-state index < -0.39 is 208 Å². The number of hydrogen-bond donors (Lipinski definition) is 0.